The van der Waals surface area contributed by atoms with Crippen molar-refractivity contribution in [1.82, 2.24) is 0 Å². The minimum atomic E-state index is -1.80. The van der Waals surface area contributed by atoms with E-state index < -0.39 is 10.6 Å². The van der Waals surface area contributed by atoms with Crippen LogP contribution in [0.4, 0.5) is 0 Å². The minimum Gasteiger partial charge on any atom is -0.497 e. The van der Waals surface area contributed by atoms with Crippen LogP contribution in [0.1, 0.15) is 5.56 Å². The second-order valence-corrected chi connectivity index (χ2v) is 5.35. The fourth-order valence-electron chi connectivity index (χ4n) is 2.00. The van der Waals surface area contributed by atoms with Crippen molar-refractivity contribution >= 4 is 27.8 Å². The molecule has 1 aliphatic carbocycles. The van der Waals surface area contributed by atoms with Gasteiger partial charge in [0.05, 0.1) is 7.11 Å². The fraction of sp³-hybridized carbons (Fsp3) is 0.214. The third kappa shape index (κ3) is 2.36. The van der Waals surface area contributed by atoms with Crippen LogP contribution in [0.15, 0.2) is 47.7 Å². The molecule has 0 saturated heterocycles. The molecule has 5 heteroatoms. The largest absolute Gasteiger partial charge is 0.497 e. The van der Waals surface area contributed by atoms with Crippen LogP contribution < -0.4 is 0 Å². The number of hydrogen-bond donors (Lipinski definition) is 2. The molecule has 1 aliphatic rings. The Morgan fingerprint density at radius 3 is 2.53 bits per heavy atom. The Hall–Kier alpha value is -1.43. The van der Waals surface area contributed by atoms with Crippen LogP contribution in [-0.2, 0) is 9.53 Å². The van der Waals surface area contributed by atoms with Crippen LogP contribution in [0.2, 0.25) is 0 Å². The van der Waals surface area contributed by atoms with Gasteiger partial charge in [-0.2, -0.15) is 0 Å². The molecule has 19 heavy (non-hydrogen) atoms. The molecule has 0 aromatic heterocycles. The molecule has 0 amide bonds. The number of aliphatic hydroxyl groups excluding tert-OH is 1. The smallest absolute Gasteiger partial charge is 0.207 e. The normalized spacial score (nSPS) is 26.9. The van der Waals surface area contributed by atoms with Crippen molar-refractivity contribution in [2.45, 2.75) is 10.6 Å². The van der Waals surface area contributed by atoms with Crippen LogP contribution >= 0.6 is 15.9 Å². The van der Waals surface area contributed by atoms with Gasteiger partial charge in [-0.05, 0) is 33.1 Å². The molecule has 100 valence electrons. The first kappa shape index (κ1) is 14.0. The van der Waals surface area contributed by atoms with E-state index >= 15 is 0 Å². The van der Waals surface area contributed by atoms with Crippen molar-refractivity contribution in [2.75, 3.05) is 7.11 Å². The first-order valence-electron chi connectivity index (χ1n) is 5.62. The molecular weight excluding hydrogens is 312 g/mol. The van der Waals surface area contributed by atoms with E-state index in [9.17, 15) is 15.0 Å². The highest BCUT2D eigenvalue weighted by atomic mass is 79.9. The molecule has 1 aromatic rings. The number of aldehydes is 1. The Bertz CT molecular complexity index is 546. The van der Waals surface area contributed by atoms with E-state index in [-0.39, 0.29) is 11.3 Å². The zero-order valence-corrected chi connectivity index (χ0v) is 11.8. The van der Waals surface area contributed by atoms with Crippen LogP contribution in [0, 0.1) is 0 Å². The average molecular weight is 325 g/mol. The minimum absolute atomic E-state index is 0.103. The van der Waals surface area contributed by atoms with Gasteiger partial charge in [-0.3, -0.25) is 4.79 Å². The number of ether oxygens (including phenoxy) is 1. The third-order valence-electron chi connectivity index (χ3n) is 3.02. The summed E-state index contributed by atoms with van der Waals surface area (Å²) in [5.41, 5.74) is 1.40. The Labute approximate surface area is 119 Å². The van der Waals surface area contributed by atoms with Gasteiger partial charge < -0.3 is 14.9 Å². The van der Waals surface area contributed by atoms with Gasteiger partial charge in [-0.25, -0.2) is 0 Å². The molecule has 0 saturated carbocycles. The zero-order valence-electron chi connectivity index (χ0n) is 10.2. The number of rotatable bonds is 3. The van der Waals surface area contributed by atoms with Crippen molar-refractivity contribution < 1.29 is 19.7 Å². The number of aliphatic hydroxyl groups is 2. The van der Waals surface area contributed by atoms with Crippen LogP contribution in [-0.4, -0.2) is 34.2 Å². The summed E-state index contributed by atoms with van der Waals surface area (Å²) in [7, 11) is 1.39. The summed E-state index contributed by atoms with van der Waals surface area (Å²) in [6.07, 6.45) is 0.683. The van der Waals surface area contributed by atoms with E-state index in [4.69, 9.17) is 4.74 Å². The summed E-state index contributed by atoms with van der Waals surface area (Å²) < 4.78 is 3.28. The summed E-state index contributed by atoms with van der Waals surface area (Å²) in [6, 6.07) is 9.13. The average Bonchev–Trinajstić information content (AvgIpc) is 2.42. The first-order valence-corrected chi connectivity index (χ1v) is 6.42. The molecule has 0 bridgehead atoms. The van der Waals surface area contributed by atoms with Gasteiger partial charge in [0.25, 0.3) is 0 Å². The lowest BCUT2D eigenvalue weighted by molar-refractivity contribution is -0.106. The van der Waals surface area contributed by atoms with Crippen molar-refractivity contribution in [2.24, 2.45) is 0 Å². The van der Waals surface area contributed by atoms with E-state index in [0.717, 1.165) is 5.56 Å². The van der Waals surface area contributed by atoms with E-state index in [1.165, 1.54) is 7.11 Å². The van der Waals surface area contributed by atoms with Gasteiger partial charge in [-0.1, -0.05) is 30.3 Å². The number of allylic oxidation sites excluding steroid dienone is 2. The lowest BCUT2D eigenvalue weighted by Gasteiger charge is -2.33. The Balaban J connectivity index is 2.63. The lowest BCUT2D eigenvalue weighted by atomic mass is 9.88. The van der Waals surface area contributed by atoms with E-state index in [0.29, 0.717) is 11.9 Å². The van der Waals surface area contributed by atoms with Gasteiger partial charge in [0.15, 0.2) is 0 Å². The van der Waals surface area contributed by atoms with Gasteiger partial charge >= 0.3 is 0 Å². The summed E-state index contributed by atoms with van der Waals surface area (Å²) in [5.74, 6) is 0.143. The van der Waals surface area contributed by atoms with Crippen molar-refractivity contribution in [3.8, 4) is 0 Å². The summed E-state index contributed by atoms with van der Waals surface area (Å²) in [6.45, 7) is 0. The van der Waals surface area contributed by atoms with Gasteiger partial charge in [0, 0.05) is 5.57 Å². The number of benzene rings is 1. The Morgan fingerprint density at radius 1 is 1.37 bits per heavy atom. The molecular formula is C14H13BrO4. The lowest BCUT2D eigenvalue weighted by Crippen LogP contribution is -2.42. The fourth-order valence-corrected chi connectivity index (χ4v) is 2.52. The second kappa shape index (κ2) is 5.28. The molecule has 2 rings (SSSR count). The standard InChI is InChI=1S/C14H13BrO4/c1-19-12-7-10(9-5-3-2-4-6-9)11(8-16)13(17)14(12,15)18/h2-8,13,17-18H,1H3. The molecule has 2 atom stereocenters. The van der Waals surface area contributed by atoms with Gasteiger partial charge in [-0.15, -0.1) is 0 Å². The molecule has 0 aliphatic heterocycles. The maximum Gasteiger partial charge on any atom is 0.207 e. The number of hydrogen-bond acceptors (Lipinski definition) is 4. The predicted octanol–water partition coefficient (Wildman–Crippen LogP) is 1.63. The maximum absolute atomic E-state index is 11.2. The second-order valence-electron chi connectivity index (χ2n) is 4.14. The summed E-state index contributed by atoms with van der Waals surface area (Å²) >= 11 is 2.98. The van der Waals surface area contributed by atoms with Crippen LogP contribution in [0.25, 0.3) is 5.57 Å². The highest BCUT2D eigenvalue weighted by Crippen LogP contribution is 2.40. The van der Waals surface area contributed by atoms with Crippen molar-refractivity contribution in [1.29, 1.82) is 0 Å². The molecule has 2 N–H and O–H groups in total. The zero-order chi connectivity index (χ0) is 14.0. The van der Waals surface area contributed by atoms with Crippen LogP contribution in [0.5, 0.6) is 0 Å². The molecule has 1 aromatic carbocycles. The Morgan fingerprint density at radius 2 is 2.00 bits per heavy atom. The predicted molar refractivity (Wildman–Crippen MR) is 74.4 cm³/mol. The molecule has 0 radical (unpaired) electrons. The van der Waals surface area contributed by atoms with Crippen molar-refractivity contribution in [3.63, 3.8) is 0 Å². The van der Waals surface area contributed by atoms with E-state index in [1.54, 1.807) is 6.08 Å². The third-order valence-corrected chi connectivity index (χ3v) is 3.85. The number of halogens is 1. The number of carbonyl (C=O) groups excluding carboxylic acids is 1. The Kier molecular flexibility index (Phi) is 3.89. The maximum atomic E-state index is 11.2. The highest BCUT2D eigenvalue weighted by Gasteiger charge is 2.44. The van der Waals surface area contributed by atoms with Gasteiger partial charge in [0.1, 0.15) is 18.1 Å². The molecule has 0 spiro atoms. The number of methoxy groups -OCH3 is 1. The quantitative estimate of drug-likeness (QED) is 0.655. The molecule has 0 fully saturated rings. The van der Waals surface area contributed by atoms with Crippen LogP contribution in [0.3, 0.4) is 0 Å². The SMILES string of the molecule is COC1=CC(c2ccccc2)=C(C=O)C(O)C1(O)Br. The van der Waals surface area contributed by atoms with Gasteiger partial charge in [0.2, 0.25) is 4.51 Å². The molecule has 4 nitrogen and oxygen atoms in total. The summed E-state index contributed by atoms with van der Waals surface area (Å²) in [4.78, 5) is 11.2. The monoisotopic (exact) mass is 324 g/mol. The highest BCUT2D eigenvalue weighted by molar-refractivity contribution is 9.10. The number of alkyl halides is 1. The van der Waals surface area contributed by atoms with E-state index in [1.807, 2.05) is 30.3 Å². The molecule has 2 unspecified atom stereocenters. The first-order chi connectivity index (χ1) is 9.02. The number of carbonyl (C=O) groups is 1. The van der Waals surface area contributed by atoms with Crippen molar-refractivity contribution in [3.05, 3.63) is 53.3 Å². The van der Waals surface area contributed by atoms with E-state index in [2.05, 4.69) is 15.9 Å². The topological polar surface area (TPSA) is 66.8 Å². The molecule has 0 heterocycles. The summed E-state index contributed by atoms with van der Waals surface area (Å²) in [5, 5.41) is 20.3.